The van der Waals surface area contributed by atoms with Crippen LogP contribution >= 0.6 is 11.6 Å². The maximum absolute atomic E-state index is 12.4. The summed E-state index contributed by atoms with van der Waals surface area (Å²) in [6, 6.07) is 3.08. The van der Waals surface area contributed by atoms with Gasteiger partial charge in [-0.15, -0.1) is 13.2 Å². The first-order valence-electron chi connectivity index (χ1n) is 7.47. The Kier molecular flexibility index (Phi) is 6.07. The van der Waals surface area contributed by atoms with Gasteiger partial charge < -0.3 is 5.32 Å². The highest BCUT2D eigenvalue weighted by Gasteiger charge is 2.17. The molecule has 0 unspecified atom stereocenters. The van der Waals surface area contributed by atoms with Crippen molar-refractivity contribution in [2.24, 2.45) is 0 Å². The number of pyridine rings is 1. The summed E-state index contributed by atoms with van der Waals surface area (Å²) in [5.41, 5.74) is -2.38. The predicted molar refractivity (Wildman–Crippen MR) is 97.5 cm³/mol. The number of amides is 1. The molecule has 0 spiro atoms. The summed E-state index contributed by atoms with van der Waals surface area (Å²) in [6.07, 6.45) is 4.12. The molecular formula is C16H16ClN5O4. The van der Waals surface area contributed by atoms with E-state index < -0.39 is 29.5 Å². The lowest BCUT2D eigenvalue weighted by atomic mass is 10.4. The number of anilines is 1. The van der Waals surface area contributed by atoms with Crippen LogP contribution in [0.3, 0.4) is 0 Å². The second-order valence-corrected chi connectivity index (χ2v) is 5.48. The van der Waals surface area contributed by atoms with Crippen molar-refractivity contribution in [2.45, 2.75) is 19.6 Å². The van der Waals surface area contributed by atoms with Gasteiger partial charge in [0.1, 0.15) is 6.54 Å². The Balaban J connectivity index is 2.47. The van der Waals surface area contributed by atoms with Crippen LogP contribution in [0.1, 0.15) is 0 Å². The van der Waals surface area contributed by atoms with Crippen LogP contribution in [0.5, 0.6) is 0 Å². The SMILES string of the molecule is C=CCn1c(=O)n(CC=C)c(=O)n(CC(=O)Nc2cccnc2Cl)c1=O. The summed E-state index contributed by atoms with van der Waals surface area (Å²) in [4.78, 5) is 53.2. The standard InChI is InChI=1S/C16H16ClN5O4/c1-3-8-20-14(24)21(9-4-2)16(26)22(15(20)25)10-12(23)19-11-6-5-7-18-13(11)17/h3-7H,1-2,8-10H2,(H,19,23). The molecule has 1 N–H and O–H groups in total. The summed E-state index contributed by atoms with van der Waals surface area (Å²) in [6.45, 7) is 6.14. The first-order valence-corrected chi connectivity index (χ1v) is 7.85. The zero-order valence-corrected chi connectivity index (χ0v) is 14.5. The van der Waals surface area contributed by atoms with E-state index in [4.69, 9.17) is 11.6 Å². The van der Waals surface area contributed by atoms with E-state index in [-0.39, 0.29) is 23.9 Å². The van der Waals surface area contributed by atoms with Gasteiger partial charge in [0, 0.05) is 6.20 Å². The number of nitrogens with zero attached hydrogens (tertiary/aromatic N) is 4. The Hall–Kier alpha value is -3.20. The Morgan fingerprint density at radius 2 is 1.62 bits per heavy atom. The molecule has 2 rings (SSSR count). The molecular weight excluding hydrogens is 362 g/mol. The summed E-state index contributed by atoms with van der Waals surface area (Å²) in [7, 11) is 0. The maximum Gasteiger partial charge on any atom is 0.337 e. The Morgan fingerprint density at radius 1 is 1.08 bits per heavy atom. The highest BCUT2D eigenvalue weighted by molar-refractivity contribution is 6.32. The lowest BCUT2D eigenvalue weighted by Crippen LogP contribution is -2.55. The highest BCUT2D eigenvalue weighted by atomic mass is 35.5. The Bertz CT molecular complexity index is 986. The predicted octanol–water partition coefficient (Wildman–Crippen LogP) is 0.231. The van der Waals surface area contributed by atoms with Gasteiger partial charge in [0.15, 0.2) is 5.15 Å². The number of carbonyl (C=O) groups excluding carboxylic acids is 1. The van der Waals surface area contributed by atoms with Gasteiger partial charge in [-0.05, 0) is 12.1 Å². The molecule has 0 radical (unpaired) electrons. The summed E-state index contributed by atoms with van der Waals surface area (Å²) in [5, 5.41) is 2.53. The average molecular weight is 378 g/mol. The maximum atomic E-state index is 12.4. The van der Waals surface area contributed by atoms with Gasteiger partial charge in [0.25, 0.3) is 0 Å². The van der Waals surface area contributed by atoms with Crippen LogP contribution in [0.15, 0.2) is 58.0 Å². The van der Waals surface area contributed by atoms with Gasteiger partial charge in [-0.3, -0.25) is 4.79 Å². The molecule has 0 saturated carbocycles. The van der Waals surface area contributed by atoms with Crippen molar-refractivity contribution in [3.05, 3.63) is 80.2 Å². The van der Waals surface area contributed by atoms with Gasteiger partial charge >= 0.3 is 17.1 Å². The van der Waals surface area contributed by atoms with Gasteiger partial charge in [-0.1, -0.05) is 23.8 Å². The summed E-state index contributed by atoms with van der Waals surface area (Å²) < 4.78 is 2.28. The van der Waals surface area contributed by atoms with E-state index in [2.05, 4.69) is 23.5 Å². The van der Waals surface area contributed by atoms with E-state index >= 15 is 0 Å². The minimum atomic E-state index is -0.910. The third-order valence-corrected chi connectivity index (χ3v) is 3.64. The molecule has 2 aromatic heterocycles. The second-order valence-electron chi connectivity index (χ2n) is 5.12. The van der Waals surface area contributed by atoms with Crippen molar-refractivity contribution in [1.82, 2.24) is 18.7 Å². The van der Waals surface area contributed by atoms with Gasteiger partial charge in [0.05, 0.1) is 18.8 Å². The smallest absolute Gasteiger partial charge is 0.322 e. The third kappa shape index (κ3) is 3.89. The monoisotopic (exact) mass is 377 g/mol. The molecule has 0 fully saturated rings. The van der Waals surface area contributed by atoms with E-state index in [0.29, 0.717) is 4.57 Å². The molecule has 2 aromatic rings. The topological polar surface area (TPSA) is 108 Å². The van der Waals surface area contributed by atoms with Crippen LogP contribution < -0.4 is 22.4 Å². The minimum absolute atomic E-state index is 0.0638. The van der Waals surface area contributed by atoms with E-state index in [9.17, 15) is 19.2 Å². The second kappa shape index (κ2) is 8.26. The summed E-state index contributed by atoms with van der Waals surface area (Å²) in [5.74, 6) is -0.673. The Morgan fingerprint density at radius 3 is 2.12 bits per heavy atom. The number of aromatic nitrogens is 4. The minimum Gasteiger partial charge on any atom is -0.322 e. The molecule has 136 valence electrons. The fourth-order valence-corrected chi connectivity index (χ4v) is 2.37. The normalized spacial score (nSPS) is 10.3. The van der Waals surface area contributed by atoms with Crippen molar-refractivity contribution in [3.63, 3.8) is 0 Å². The lowest BCUT2D eigenvalue weighted by Gasteiger charge is -2.12. The van der Waals surface area contributed by atoms with Crippen LogP contribution in [0, 0.1) is 0 Å². The quantitative estimate of drug-likeness (QED) is 0.549. The number of carbonyl (C=O) groups is 1. The van der Waals surface area contributed by atoms with Crippen LogP contribution in [0.25, 0.3) is 0 Å². The van der Waals surface area contributed by atoms with Crippen LogP contribution in [-0.2, 0) is 24.4 Å². The van der Waals surface area contributed by atoms with E-state index in [0.717, 1.165) is 9.13 Å². The molecule has 0 atom stereocenters. The van der Waals surface area contributed by atoms with Crippen molar-refractivity contribution in [3.8, 4) is 0 Å². The van der Waals surface area contributed by atoms with Crippen LogP contribution in [0.4, 0.5) is 5.69 Å². The fourth-order valence-electron chi connectivity index (χ4n) is 2.20. The van der Waals surface area contributed by atoms with Crippen molar-refractivity contribution < 1.29 is 4.79 Å². The van der Waals surface area contributed by atoms with Crippen molar-refractivity contribution in [2.75, 3.05) is 5.32 Å². The number of hydrogen-bond acceptors (Lipinski definition) is 5. The van der Waals surface area contributed by atoms with Gasteiger partial charge in [-0.25, -0.2) is 33.1 Å². The molecule has 10 heteroatoms. The molecule has 0 aliphatic heterocycles. The number of nitrogens with one attached hydrogen (secondary N) is 1. The molecule has 1 amide bonds. The van der Waals surface area contributed by atoms with E-state index in [1.165, 1.54) is 24.4 Å². The zero-order valence-electron chi connectivity index (χ0n) is 13.7. The first kappa shape index (κ1) is 19.1. The molecule has 26 heavy (non-hydrogen) atoms. The van der Waals surface area contributed by atoms with E-state index in [1.54, 1.807) is 6.07 Å². The highest BCUT2D eigenvalue weighted by Crippen LogP contribution is 2.17. The first-order chi connectivity index (χ1) is 12.4. The van der Waals surface area contributed by atoms with Gasteiger partial charge in [0.2, 0.25) is 5.91 Å². The Labute approximate surface area is 152 Å². The molecule has 0 bridgehead atoms. The zero-order chi connectivity index (χ0) is 19.3. The number of hydrogen-bond donors (Lipinski definition) is 1. The van der Waals surface area contributed by atoms with Gasteiger partial charge in [-0.2, -0.15) is 0 Å². The molecule has 2 heterocycles. The fraction of sp³-hybridized carbons (Fsp3) is 0.188. The molecule has 0 saturated heterocycles. The van der Waals surface area contributed by atoms with Crippen molar-refractivity contribution >= 4 is 23.2 Å². The van der Waals surface area contributed by atoms with Crippen molar-refractivity contribution in [1.29, 1.82) is 0 Å². The van der Waals surface area contributed by atoms with Crippen LogP contribution in [-0.4, -0.2) is 24.6 Å². The summed E-state index contributed by atoms with van der Waals surface area (Å²) >= 11 is 5.86. The average Bonchev–Trinajstić information content (AvgIpc) is 2.61. The molecule has 0 aliphatic rings. The number of halogens is 1. The third-order valence-electron chi connectivity index (χ3n) is 3.34. The van der Waals surface area contributed by atoms with Crippen LogP contribution in [0.2, 0.25) is 5.15 Å². The number of allylic oxidation sites excluding steroid dienone is 2. The van der Waals surface area contributed by atoms with E-state index in [1.807, 2.05) is 0 Å². The molecule has 0 aromatic carbocycles. The lowest BCUT2D eigenvalue weighted by molar-refractivity contribution is -0.116. The number of rotatable bonds is 7. The molecule has 9 nitrogen and oxygen atoms in total. The largest absolute Gasteiger partial charge is 0.337 e. The molecule has 0 aliphatic carbocycles.